The van der Waals surface area contributed by atoms with Crippen LogP contribution in [0.25, 0.3) is 0 Å². The van der Waals surface area contributed by atoms with Gasteiger partial charge in [-0.05, 0) is 64.2 Å². The molecule has 0 aliphatic carbocycles. The average Bonchev–Trinajstić information content (AvgIpc) is 2.55. The second kappa shape index (κ2) is 9.04. The van der Waals surface area contributed by atoms with E-state index in [1.54, 1.807) is 0 Å². The van der Waals surface area contributed by atoms with Gasteiger partial charge in [0.25, 0.3) is 0 Å². The van der Waals surface area contributed by atoms with Crippen molar-refractivity contribution >= 4 is 5.91 Å². The van der Waals surface area contributed by atoms with E-state index in [2.05, 4.69) is 17.3 Å². The number of carbonyl (C=O) groups is 1. The number of amides is 1. The number of aryl methyl sites for hydroxylation is 1. The molecule has 23 heavy (non-hydrogen) atoms. The third-order valence-corrected chi connectivity index (χ3v) is 4.85. The number of rotatable bonds is 7. The zero-order chi connectivity index (χ0) is 16.7. The fourth-order valence-electron chi connectivity index (χ4n) is 3.20. The fourth-order valence-corrected chi connectivity index (χ4v) is 3.20. The summed E-state index contributed by atoms with van der Waals surface area (Å²) in [6.07, 6.45) is 4.51. The van der Waals surface area contributed by atoms with E-state index in [1.807, 2.05) is 31.2 Å². The lowest BCUT2D eigenvalue weighted by Gasteiger charge is -2.29. The predicted octanol–water partition coefficient (Wildman–Crippen LogP) is 2.66. The minimum atomic E-state index is -0.0920. The SMILES string of the molecule is Cc1ccc([C@H](CCO)NC(=O)CCC2CCN(C)CC2)cc1. The lowest BCUT2D eigenvalue weighted by Crippen LogP contribution is -2.32. The molecule has 2 N–H and O–H groups in total. The lowest BCUT2D eigenvalue weighted by atomic mass is 9.92. The van der Waals surface area contributed by atoms with Gasteiger partial charge in [0.2, 0.25) is 5.91 Å². The smallest absolute Gasteiger partial charge is 0.220 e. The van der Waals surface area contributed by atoms with Gasteiger partial charge in [-0.1, -0.05) is 29.8 Å². The molecular weight excluding hydrogens is 288 g/mol. The molecule has 1 aromatic carbocycles. The maximum Gasteiger partial charge on any atom is 0.220 e. The molecule has 2 rings (SSSR count). The average molecular weight is 318 g/mol. The number of carbonyl (C=O) groups excluding carboxylic acids is 1. The molecular formula is C19H30N2O2. The standard InChI is InChI=1S/C19H30N2O2/c1-15-3-6-17(7-4-15)18(11-14-22)20-19(23)8-5-16-9-12-21(2)13-10-16/h3-4,6-7,16,18,22H,5,8-14H2,1-2H3,(H,20,23)/t18-/m0/s1. The summed E-state index contributed by atoms with van der Waals surface area (Å²) in [6, 6.07) is 8.07. The highest BCUT2D eigenvalue weighted by Crippen LogP contribution is 2.22. The molecule has 0 bridgehead atoms. The van der Waals surface area contributed by atoms with Crippen LogP contribution < -0.4 is 5.32 Å². The Morgan fingerprint density at radius 3 is 2.57 bits per heavy atom. The molecule has 0 unspecified atom stereocenters. The van der Waals surface area contributed by atoms with Gasteiger partial charge in [0.1, 0.15) is 0 Å². The van der Waals surface area contributed by atoms with E-state index in [0.29, 0.717) is 18.8 Å². The van der Waals surface area contributed by atoms with Crippen molar-refractivity contribution in [2.24, 2.45) is 5.92 Å². The summed E-state index contributed by atoms with van der Waals surface area (Å²) in [5.74, 6) is 0.774. The fraction of sp³-hybridized carbons (Fsp3) is 0.632. The number of nitrogens with zero attached hydrogens (tertiary/aromatic N) is 1. The van der Waals surface area contributed by atoms with Crippen LogP contribution in [0.2, 0.25) is 0 Å². The van der Waals surface area contributed by atoms with Gasteiger partial charge >= 0.3 is 0 Å². The monoisotopic (exact) mass is 318 g/mol. The number of nitrogens with one attached hydrogen (secondary N) is 1. The van der Waals surface area contributed by atoms with E-state index < -0.39 is 0 Å². The molecule has 1 saturated heterocycles. The molecule has 1 amide bonds. The van der Waals surface area contributed by atoms with Crippen molar-refractivity contribution < 1.29 is 9.90 Å². The van der Waals surface area contributed by atoms with Crippen molar-refractivity contribution in [1.29, 1.82) is 0 Å². The summed E-state index contributed by atoms with van der Waals surface area (Å²) >= 11 is 0. The predicted molar refractivity (Wildman–Crippen MR) is 93.2 cm³/mol. The van der Waals surface area contributed by atoms with Gasteiger partial charge in [-0.2, -0.15) is 0 Å². The number of hydrogen-bond donors (Lipinski definition) is 2. The van der Waals surface area contributed by atoms with E-state index in [4.69, 9.17) is 0 Å². The van der Waals surface area contributed by atoms with Crippen molar-refractivity contribution in [3.63, 3.8) is 0 Å². The molecule has 0 radical (unpaired) electrons. The molecule has 4 nitrogen and oxygen atoms in total. The zero-order valence-corrected chi connectivity index (χ0v) is 14.4. The molecule has 4 heteroatoms. The molecule has 1 aliphatic heterocycles. The molecule has 1 aromatic rings. The van der Waals surface area contributed by atoms with E-state index in [9.17, 15) is 9.90 Å². The second-order valence-electron chi connectivity index (χ2n) is 6.83. The molecule has 1 atom stereocenters. The highest BCUT2D eigenvalue weighted by atomic mass is 16.3. The maximum atomic E-state index is 12.3. The molecule has 128 valence electrons. The van der Waals surface area contributed by atoms with Crippen LogP contribution >= 0.6 is 0 Å². The highest BCUT2D eigenvalue weighted by Gasteiger charge is 2.19. The van der Waals surface area contributed by atoms with Crippen LogP contribution in [0, 0.1) is 12.8 Å². The quantitative estimate of drug-likeness (QED) is 0.812. The van der Waals surface area contributed by atoms with Gasteiger partial charge in [-0.3, -0.25) is 4.79 Å². The van der Waals surface area contributed by atoms with Gasteiger partial charge in [-0.25, -0.2) is 0 Å². The van der Waals surface area contributed by atoms with Gasteiger partial charge in [-0.15, -0.1) is 0 Å². The first-order valence-corrected chi connectivity index (χ1v) is 8.74. The zero-order valence-electron chi connectivity index (χ0n) is 14.4. The molecule has 1 heterocycles. The second-order valence-corrected chi connectivity index (χ2v) is 6.83. The van der Waals surface area contributed by atoms with E-state index in [1.165, 1.54) is 18.4 Å². The summed E-state index contributed by atoms with van der Waals surface area (Å²) in [5, 5.41) is 12.4. The van der Waals surface area contributed by atoms with Crippen LogP contribution in [-0.4, -0.2) is 42.7 Å². The van der Waals surface area contributed by atoms with E-state index in [-0.39, 0.29) is 18.6 Å². The van der Waals surface area contributed by atoms with Crippen LogP contribution in [0.3, 0.4) is 0 Å². The minimum absolute atomic E-state index is 0.0772. The molecule has 1 fully saturated rings. The lowest BCUT2D eigenvalue weighted by molar-refractivity contribution is -0.122. The number of hydrogen-bond acceptors (Lipinski definition) is 3. The molecule has 0 spiro atoms. The summed E-state index contributed by atoms with van der Waals surface area (Å²) in [5.41, 5.74) is 2.27. The molecule has 1 aliphatic rings. The van der Waals surface area contributed by atoms with Crippen LogP contribution in [0.15, 0.2) is 24.3 Å². The van der Waals surface area contributed by atoms with E-state index in [0.717, 1.165) is 25.1 Å². The third-order valence-electron chi connectivity index (χ3n) is 4.85. The minimum Gasteiger partial charge on any atom is -0.396 e. The Morgan fingerprint density at radius 2 is 1.96 bits per heavy atom. The highest BCUT2D eigenvalue weighted by molar-refractivity contribution is 5.76. The summed E-state index contributed by atoms with van der Waals surface area (Å²) in [4.78, 5) is 14.6. The summed E-state index contributed by atoms with van der Waals surface area (Å²) < 4.78 is 0. The largest absolute Gasteiger partial charge is 0.396 e. The number of piperidine rings is 1. The maximum absolute atomic E-state index is 12.3. The summed E-state index contributed by atoms with van der Waals surface area (Å²) in [7, 11) is 2.16. The van der Waals surface area contributed by atoms with Crippen molar-refractivity contribution in [2.45, 2.75) is 45.1 Å². The summed E-state index contributed by atoms with van der Waals surface area (Å²) in [6.45, 7) is 4.41. The third kappa shape index (κ3) is 5.96. The van der Waals surface area contributed by atoms with Gasteiger partial charge < -0.3 is 15.3 Å². The topological polar surface area (TPSA) is 52.6 Å². The first-order chi connectivity index (χ1) is 11.1. The number of aliphatic hydroxyl groups excluding tert-OH is 1. The number of aliphatic hydroxyl groups is 1. The molecule has 0 aromatic heterocycles. The Labute approximate surface area is 139 Å². The van der Waals surface area contributed by atoms with Crippen LogP contribution in [0.4, 0.5) is 0 Å². The Morgan fingerprint density at radius 1 is 1.30 bits per heavy atom. The van der Waals surface area contributed by atoms with E-state index >= 15 is 0 Å². The van der Waals surface area contributed by atoms with Crippen molar-refractivity contribution in [1.82, 2.24) is 10.2 Å². The van der Waals surface area contributed by atoms with Gasteiger partial charge in [0.05, 0.1) is 6.04 Å². The van der Waals surface area contributed by atoms with Gasteiger partial charge in [0, 0.05) is 13.0 Å². The van der Waals surface area contributed by atoms with Crippen LogP contribution in [-0.2, 0) is 4.79 Å². The van der Waals surface area contributed by atoms with Crippen molar-refractivity contribution in [3.05, 3.63) is 35.4 Å². The number of benzene rings is 1. The van der Waals surface area contributed by atoms with Gasteiger partial charge in [0.15, 0.2) is 0 Å². The first kappa shape index (κ1) is 18.0. The van der Waals surface area contributed by atoms with Crippen LogP contribution in [0.5, 0.6) is 0 Å². The first-order valence-electron chi connectivity index (χ1n) is 8.74. The van der Waals surface area contributed by atoms with Crippen LogP contribution in [0.1, 0.15) is 49.3 Å². The molecule has 0 saturated carbocycles. The Balaban J connectivity index is 1.82. The Bertz CT molecular complexity index is 479. The normalized spacial score (nSPS) is 17.9. The number of likely N-dealkylation sites (tertiary alicyclic amines) is 1. The van der Waals surface area contributed by atoms with Crippen molar-refractivity contribution in [3.8, 4) is 0 Å². The Kier molecular flexibility index (Phi) is 7.06. The van der Waals surface area contributed by atoms with Crippen molar-refractivity contribution in [2.75, 3.05) is 26.7 Å². The Hall–Kier alpha value is -1.39.